The van der Waals surface area contributed by atoms with Crippen LogP contribution in [0, 0.1) is 6.92 Å². The van der Waals surface area contributed by atoms with Crippen LogP contribution in [0.4, 0.5) is 0 Å². The molecule has 4 nitrogen and oxygen atoms in total. The van der Waals surface area contributed by atoms with Gasteiger partial charge in [0.15, 0.2) is 0 Å². The van der Waals surface area contributed by atoms with Gasteiger partial charge in [-0.3, -0.25) is 9.69 Å². The molecule has 1 aromatic carbocycles. The maximum Gasteiger partial charge on any atom is 0.320 e. The van der Waals surface area contributed by atoms with Gasteiger partial charge in [0, 0.05) is 13.1 Å². The highest BCUT2D eigenvalue weighted by atomic mass is 16.5. The van der Waals surface area contributed by atoms with Crippen LogP contribution in [-0.2, 0) is 22.6 Å². The van der Waals surface area contributed by atoms with Crippen LogP contribution in [0.5, 0.6) is 0 Å². The number of carbonyl (C=O) groups excluding carboxylic acids is 1. The molecular formula is C16H26N2O2. The molecule has 0 spiro atoms. The van der Waals surface area contributed by atoms with Crippen molar-refractivity contribution in [3.63, 3.8) is 0 Å². The Hall–Kier alpha value is -1.39. The molecule has 112 valence electrons. The molecule has 0 heterocycles. The summed E-state index contributed by atoms with van der Waals surface area (Å²) in [5.74, 6) is -0.155. The topological polar surface area (TPSA) is 55.6 Å². The zero-order valence-corrected chi connectivity index (χ0v) is 12.8. The zero-order valence-electron chi connectivity index (χ0n) is 12.8. The van der Waals surface area contributed by atoms with Crippen LogP contribution in [0.25, 0.3) is 0 Å². The maximum atomic E-state index is 11.6. The lowest BCUT2D eigenvalue weighted by Crippen LogP contribution is -2.31. The first-order chi connectivity index (χ1) is 9.60. The predicted molar refractivity (Wildman–Crippen MR) is 81.3 cm³/mol. The monoisotopic (exact) mass is 278 g/mol. The first-order valence-corrected chi connectivity index (χ1v) is 7.27. The summed E-state index contributed by atoms with van der Waals surface area (Å²) < 4.78 is 5.03. The number of nitrogens with zero attached hydrogens (tertiary/aromatic N) is 1. The van der Waals surface area contributed by atoms with Gasteiger partial charge in [0.05, 0.1) is 13.2 Å². The number of esters is 1. The Morgan fingerprint density at radius 2 is 2.10 bits per heavy atom. The van der Waals surface area contributed by atoms with Crippen LogP contribution in [-0.4, -0.2) is 30.6 Å². The Morgan fingerprint density at radius 3 is 2.65 bits per heavy atom. The Labute approximate surface area is 121 Å². The minimum absolute atomic E-state index is 0.155. The lowest BCUT2D eigenvalue weighted by molar-refractivity contribution is -0.144. The Kier molecular flexibility index (Phi) is 7.26. The minimum Gasteiger partial charge on any atom is -0.465 e. The highest BCUT2D eigenvalue weighted by molar-refractivity contribution is 5.71. The fraction of sp³-hybridized carbons (Fsp3) is 0.562. The summed E-state index contributed by atoms with van der Waals surface area (Å²) in [5, 5.41) is 0. The van der Waals surface area contributed by atoms with E-state index in [0.29, 0.717) is 19.7 Å². The second kappa shape index (κ2) is 8.72. The van der Waals surface area contributed by atoms with Crippen LogP contribution >= 0.6 is 0 Å². The quantitative estimate of drug-likeness (QED) is 0.741. The smallest absolute Gasteiger partial charge is 0.320 e. The van der Waals surface area contributed by atoms with E-state index < -0.39 is 0 Å². The van der Waals surface area contributed by atoms with Gasteiger partial charge >= 0.3 is 5.97 Å². The first kappa shape index (κ1) is 16.7. The number of hydrogen-bond acceptors (Lipinski definition) is 4. The van der Waals surface area contributed by atoms with Crippen molar-refractivity contribution in [2.24, 2.45) is 5.73 Å². The summed E-state index contributed by atoms with van der Waals surface area (Å²) in [6.45, 7) is 9.02. The van der Waals surface area contributed by atoms with Crippen LogP contribution in [0.15, 0.2) is 18.2 Å². The summed E-state index contributed by atoms with van der Waals surface area (Å²) in [4.78, 5) is 13.8. The maximum absolute atomic E-state index is 11.6. The van der Waals surface area contributed by atoms with Crippen molar-refractivity contribution in [1.29, 1.82) is 0 Å². The van der Waals surface area contributed by atoms with Crippen LogP contribution in [0.3, 0.4) is 0 Å². The average Bonchev–Trinajstić information content (AvgIpc) is 2.41. The van der Waals surface area contributed by atoms with Crippen molar-refractivity contribution in [1.82, 2.24) is 4.90 Å². The Bertz CT molecular complexity index is 432. The molecule has 0 aliphatic heterocycles. The van der Waals surface area contributed by atoms with Gasteiger partial charge in [0.2, 0.25) is 0 Å². The number of benzene rings is 1. The molecule has 4 heteroatoms. The first-order valence-electron chi connectivity index (χ1n) is 7.27. The third-order valence-corrected chi connectivity index (χ3v) is 3.23. The van der Waals surface area contributed by atoms with Gasteiger partial charge in [-0.05, 0) is 43.5 Å². The molecular weight excluding hydrogens is 252 g/mol. The van der Waals surface area contributed by atoms with E-state index >= 15 is 0 Å². The van der Waals surface area contributed by atoms with Crippen molar-refractivity contribution >= 4 is 5.97 Å². The number of ether oxygens (including phenoxy) is 1. The molecule has 1 aromatic rings. The molecule has 0 bridgehead atoms. The summed E-state index contributed by atoms with van der Waals surface area (Å²) in [5.41, 5.74) is 9.24. The fourth-order valence-corrected chi connectivity index (χ4v) is 2.22. The molecule has 0 unspecified atom stereocenters. The molecule has 1 rings (SSSR count). The molecule has 0 fully saturated rings. The van der Waals surface area contributed by atoms with Gasteiger partial charge in [-0.2, -0.15) is 0 Å². The number of aryl methyl sites for hydroxylation is 1. The van der Waals surface area contributed by atoms with Crippen LogP contribution in [0.2, 0.25) is 0 Å². The van der Waals surface area contributed by atoms with Crippen molar-refractivity contribution < 1.29 is 9.53 Å². The van der Waals surface area contributed by atoms with Crippen LogP contribution in [0.1, 0.15) is 37.0 Å². The van der Waals surface area contributed by atoms with Crippen LogP contribution < -0.4 is 5.73 Å². The highest BCUT2D eigenvalue weighted by Gasteiger charge is 2.12. The van der Waals surface area contributed by atoms with Crippen molar-refractivity contribution in [2.45, 2.75) is 40.3 Å². The predicted octanol–water partition coefficient (Wildman–Crippen LogP) is 2.23. The minimum atomic E-state index is -0.155. The average molecular weight is 278 g/mol. The van der Waals surface area contributed by atoms with E-state index in [9.17, 15) is 4.79 Å². The Balaban J connectivity index is 2.71. The molecule has 0 atom stereocenters. The van der Waals surface area contributed by atoms with E-state index in [0.717, 1.165) is 25.1 Å². The molecule has 0 aliphatic rings. The third kappa shape index (κ3) is 5.31. The largest absolute Gasteiger partial charge is 0.465 e. The SMILES string of the molecule is CCCN(CC(=O)OCC)Cc1ccc(CN)cc1C. The summed E-state index contributed by atoms with van der Waals surface area (Å²) >= 11 is 0. The molecule has 20 heavy (non-hydrogen) atoms. The zero-order chi connectivity index (χ0) is 15.0. The summed E-state index contributed by atoms with van der Waals surface area (Å²) in [6, 6.07) is 6.27. The van der Waals surface area contributed by atoms with Gasteiger partial charge in [0.25, 0.3) is 0 Å². The fourth-order valence-electron chi connectivity index (χ4n) is 2.22. The van der Waals surface area contributed by atoms with E-state index in [2.05, 4.69) is 36.9 Å². The molecule has 0 saturated heterocycles. The summed E-state index contributed by atoms with van der Waals surface area (Å²) in [7, 11) is 0. The van der Waals surface area contributed by atoms with Gasteiger partial charge in [-0.15, -0.1) is 0 Å². The number of hydrogen-bond donors (Lipinski definition) is 1. The molecule has 0 aromatic heterocycles. The number of nitrogens with two attached hydrogens (primary N) is 1. The normalized spacial score (nSPS) is 10.8. The van der Waals surface area contributed by atoms with Crippen molar-refractivity contribution in [3.05, 3.63) is 34.9 Å². The lowest BCUT2D eigenvalue weighted by atomic mass is 10.0. The van der Waals surface area contributed by atoms with Gasteiger partial charge in [-0.25, -0.2) is 0 Å². The Morgan fingerprint density at radius 1 is 1.35 bits per heavy atom. The van der Waals surface area contributed by atoms with Gasteiger partial charge < -0.3 is 10.5 Å². The second-order valence-electron chi connectivity index (χ2n) is 4.98. The molecule has 0 aliphatic carbocycles. The van der Waals surface area contributed by atoms with E-state index in [-0.39, 0.29) is 5.97 Å². The number of rotatable bonds is 8. The van der Waals surface area contributed by atoms with Crippen molar-refractivity contribution in [3.8, 4) is 0 Å². The van der Waals surface area contributed by atoms with Gasteiger partial charge in [-0.1, -0.05) is 25.1 Å². The standard InChI is InChI=1S/C16H26N2O2/c1-4-8-18(12-16(19)20-5-2)11-15-7-6-14(10-17)9-13(15)3/h6-7,9H,4-5,8,10-12,17H2,1-3H3. The van der Waals surface area contributed by atoms with E-state index in [1.54, 1.807) is 0 Å². The second-order valence-corrected chi connectivity index (χ2v) is 4.98. The van der Waals surface area contributed by atoms with E-state index in [1.165, 1.54) is 11.1 Å². The molecule has 0 radical (unpaired) electrons. The van der Waals surface area contributed by atoms with E-state index in [1.807, 2.05) is 6.92 Å². The highest BCUT2D eigenvalue weighted by Crippen LogP contribution is 2.14. The molecule has 0 saturated carbocycles. The number of carbonyl (C=O) groups is 1. The molecule has 0 amide bonds. The summed E-state index contributed by atoms with van der Waals surface area (Å²) in [6.07, 6.45) is 1.01. The van der Waals surface area contributed by atoms with Gasteiger partial charge in [0.1, 0.15) is 0 Å². The third-order valence-electron chi connectivity index (χ3n) is 3.23. The lowest BCUT2D eigenvalue weighted by Gasteiger charge is -2.22. The molecule has 2 N–H and O–H groups in total. The van der Waals surface area contributed by atoms with Crippen molar-refractivity contribution in [2.75, 3.05) is 19.7 Å². The van der Waals surface area contributed by atoms with E-state index in [4.69, 9.17) is 10.5 Å².